The van der Waals surface area contributed by atoms with Crippen LogP contribution in [0.25, 0.3) is 22.1 Å². The molecule has 0 radical (unpaired) electrons. The van der Waals surface area contributed by atoms with Crippen LogP contribution in [0.15, 0.2) is 27.4 Å². The Bertz CT molecular complexity index is 1040. The molecule has 7 heteroatoms. The van der Waals surface area contributed by atoms with Gasteiger partial charge in [-0.1, -0.05) is 24.4 Å². The molecule has 1 aromatic carbocycles. The fourth-order valence-corrected chi connectivity index (χ4v) is 4.55. The average molecular weight is 350 g/mol. The minimum atomic E-state index is -0.182. The first kappa shape index (κ1) is 16.1. The molecule has 6 nitrogen and oxygen atoms in total. The molecule has 2 bridgehead atoms. The van der Waals surface area contributed by atoms with Gasteiger partial charge < -0.3 is 14.3 Å². The predicted octanol–water partition coefficient (Wildman–Crippen LogP) is 1.06. The van der Waals surface area contributed by atoms with Gasteiger partial charge in [0.2, 0.25) is 5.58 Å². The Hall–Kier alpha value is -2.12. The first-order chi connectivity index (χ1) is 12.6. The van der Waals surface area contributed by atoms with Gasteiger partial charge in [-0.25, -0.2) is 4.98 Å². The Labute approximate surface area is 152 Å². The molecule has 0 unspecified atom stereocenters. The highest BCUT2D eigenvalue weighted by Gasteiger charge is 2.37. The molecule has 134 valence electrons. The maximum Gasteiger partial charge on any atom is 0.294 e. The van der Waals surface area contributed by atoms with E-state index in [-0.39, 0.29) is 5.56 Å². The van der Waals surface area contributed by atoms with Crippen LogP contribution in [0.2, 0.25) is 6.82 Å². The minimum Gasteiger partial charge on any atom is -0.449 e. The Balaban J connectivity index is 1.54. The number of benzene rings is 1. The van der Waals surface area contributed by atoms with Gasteiger partial charge in [-0.05, 0) is 26.0 Å². The molecule has 3 aromatic rings. The van der Waals surface area contributed by atoms with Crippen LogP contribution in [0.3, 0.4) is 0 Å². The summed E-state index contributed by atoms with van der Waals surface area (Å²) in [6, 6.07) is 7.25. The smallest absolute Gasteiger partial charge is 0.294 e. The van der Waals surface area contributed by atoms with E-state index in [4.69, 9.17) is 9.40 Å². The van der Waals surface area contributed by atoms with Crippen molar-refractivity contribution in [2.75, 3.05) is 20.1 Å². The summed E-state index contributed by atoms with van der Waals surface area (Å²) in [6.07, 6.45) is 2.50. The Kier molecular flexibility index (Phi) is 3.69. The zero-order valence-electron chi connectivity index (χ0n) is 15.3. The molecule has 0 aliphatic carbocycles. The number of fused-ring (bicyclic) bond motifs is 6. The van der Waals surface area contributed by atoms with E-state index in [0.717, 1.165) is 37.2 Å². The SMILES string of the molecule is CBc1ccc2oc3c(=O)[nH]c(CN4C[C@@H]5CC[C@H]4CN5C)nc3c2c1. The van der Waals surface area contributed by atoms with E-state index in [2.05, 4.69) is 34.7 Å². The van der Waals surface area contributed by atoms with Crippen molar-refractivity contribution in [3.05, 3.63) is 34.4 Å². The van der Waals surface area contributed by atoms with E-state index in [1.165, 1.54) is 18.3 Å². The van der Waals surface area contributed by atoms with Gasteiger partial charge in [-0.2, -0.15) is 0 Å². The number of nitrogens with one attached hydrogen (secondary N) is 1. The summed E-state index contributed by atoms with van der Waals surface area (Å²) in [7, 11) is 3.16. The van der Waals surface area contributed by atoms with Crippen molar-refractivity contribution >= 4 is 34.8 Å². The van der Waals surface area contributed by atoms with E-state index in [9.17, 15) is 4.79 Å². The normalized spacial score (nSPS) is 23.9. The summed E-state index contributed by atoms with van der Waals surface area (Å²) < 4.78 is 5.76. The highest BCUT2D eigenvalue weighted by molar-refractivity contribution is 6.52. The van der Waals surface area contributed by atoms with Crippen LogP contribution < -0.4 is 11.0 Å². The van der Waals surface area contributed by atoms with Crippen molar-refractivity contribution in [2.45, 2.75) is 38.3 Å². The number of piperazine rings is 1. The third-order valence-corrected chi connectivity index (χ3v) is 6.11. The zero-order chi connectivity index (χ0) is 17.8. The molecule has 1 N–H and O–H groups in total. The second-order valence-electron chi connectivity index (χ2n) is 7.73. The Morgan fingerprint density at radius 2 is 2.15 bits per heavy atom. The molecular weight excluding hydrogens is 327 g/mol. The molecule has 3 saturated heterocycles. The highest BCUT2D eigenvalue weighted by atomic mass is 16.3. The minimum absolute atomic E-state index is 0.182. The van der Waals surface area contributed by atoms with Crippen molar-refractivity contribution in [3.63, 3.8) is 0 Å². The molecule has 2 atom stereocenters. The quantitative estimate of drug-likeness (QED) is 0.716. The number of aromatic amines is 1. The van der Waals surface area contributed by atoms with Crippen LogP contribution in [0.5, 0.6) is 0 Å². The standard InChI is InChI=1S/C19H23BN4O2/c1-20-11-3-6-15-14(7-11)17-18(26-15)19(25)22-16(21-17)10-24-9-12-4-5-13(24)8-23(12)2/h3,6-7,12-13,20H,4-5,8-10H2,1-2H3,(H,21,22,25)/t12-,13-/m0/s1. The fourth-order valence-electron chi connectivity index (χ4n) is 4.55. The second-order valence-corrected chi connectivity index (χ2v) is 7.73. The second kappa shape index (κ2) is 5.96. The first-order valence-corrected chi connectivity index (χ1v) is 9.51. The molecule has 2 aromatic heterocycles. The number of piperidine rings is 2. The molecule has 3 fully saturated rings. The van der Waals surface area contributed by atoms with Crippen LogP contribution >= 0.6 is 0 Å². The Morgan fingerprint density at radius 1 is 1.31 bits per heavy atom. The Morgan fingerprint density at radius 3 is 2.88 bits per heavy atom. The molecule has 0 spiro atoms. The number of furan rings is 1. The van der Waals surface area contributed by atoms with Crippen molar-refractivity contribution in [1.82, 2.24) is 19.8 Å². The van der Waals surface area contributed by atoms with Gasteiger partial charge >= 0.3 is 0 Å². The van der Waals surface area contributed by atoms with E-state index in [1.54, 1.807) is 0 Å². The van der Waals surface area contributed by atoms with Crippen molar-refractivity contribution in [2.24, 2.45) is 0 Å². The number of H-pyrrole nitrogens is 1. The van der Waals surface area contributed by atoms with Crippen molar-refractivity contribution in [1.29, 1.82) is 0 Å². The van der Waals surface area contributed by atoms with E-state index >= 15 is 0 Å². The summed E-state index contributed by atoms with van der Waals surface area (Å²) >= 11 is 0. The maximum atomic E-state index is 12.6. The van der Waals surface area contributed by atoms with Gasteiger partial charge in [0.05, 0.1) is 6.54 Å². The van der Waals surface area contributed by atoms with Crippen molar-refractivity contribution < 1.29 is 4.42 Å². The number of rotatable bonds is 3. The molecule has 6 rings (SSSR count). The van der Waals surface area contributed by atoms with Crippen LogP contribution in [0.4, 0.5) is 0 Å². The number of likely N-dealkylation sites (N-methyl/N-ethyl adjacent to an activating group) is 1. The monoisotopic (exact) mass is 350 g/mol. The third kappa shape index (κ3) is 2.49. The molecule has 0 saturated carbocycles. The lowest BCUT2D eigenvalue weighted by atomic mass is 9.73. The molecule has 5 heterocycles. The number of hydrogen-bond acceptors (Lipinski definition) is 5. The zero-order valence-corrected chi connectivity index (χ0v) is 15.3. The van der Waals surface area contributed by atoms with Gasteiger partial charge in [0.1, 0.15) is 16.9 Å². The van der Waals surface area contributed by atoms with Gasteiger partial charge in [-0.3, -0.25) is 9.69 Å². The number of hydrogen-bond donors (Lipinski definition) is 1. The van der Waals surface area contributed by atoms with Crippen molar-refractivity contribution in [3.8, 4) is 0 Å². The average Bonchev–Trinajstić information content (AvgIpc) is 3.01. The van der Waals surface area contributed by atoms with Crippen LogP contribution in [0, 0.1) is 0 Å². The third-order valence-electron chi connectivity index (χ3n) is 6.11. The van der Waals surface area contributed by atoms with E-state index in [1.807, 2.05) is 12.1 Å². The van der Waals surface area contributed by atoms with E-state index < -0.39 is 0 Å². The van der Waals surface area contributed by atoms with Gasteiger partial charge in [-0.15, -0.1) is 0 Å². The topological polar surface area (TPSA) is 65.4 Å². The summed E-state index contributed by atoms with van der Waals surface area (Å²) in [5, 5.41) is 0.937. The lowest BCUT2D eigenvalue weighted by Gasteiger charge is -2.50. The maximum absolute atomic E-state index is 12.6. The van der Waals surface area contributed by atoms with Crippen LogP contribution in [0.1, 0.15) is 18.7 Å². The number of aromatic nitrogens is 2. The molecule has 0 amide bonds. The highest BCUT2D eigenvalue weighted by Crippen LogP contribution is 2.29. The summed E-state index contributed by atoms with van der Waals surface area (Å²) in [6.45, 7) is 4.97. The van der Waals surface area contributed by atoms with Crippen LogP contribution in [-0.4, -0.2) is 59.3 Å². The summed E-state index contributed by atoms with van der Waals surface area (Å²) in [5.41, 5.74) is 2.79. The lowest BCUT2D eigenvalue weighted by molar-refractivity contribution is -0.0123. The van der Waals surface area contributed by atoms with Gasteiger partial charge in [0.15, 0.2) is 7.28 Å². The van der Waals surface area contributed by atoms with Gasteiger partial charge in [0.25, 0.3) is 5.56 Å². The number of nitrogens with zero attached hydrogens (tertiary/aromatic N) is 3. The molecule has 3 aliphatic heterocycles. The molecule has 3 aliphatic rings. The summed E-state index contributed by atoms with van der Waals surface area (Å²) in [5.74, 6) is 0.738. The summed E-state index contributed by atoms with van der Waals surface area (Å²) in [4.78, 5) is 25.2. The lowest BCUT2D eigenvalue weighted by Crippen LogP contribution is -2.60. The predicted molar refractivity (Wildman–Crippen MR) is 105 cm³/mol. The molecular formula is C19H23BN4O2. The first-order valence-electron chi connectivity index (χ1n) is 9.51. The van der Waals surface area contributed by atoms with E-state index in [0.29, 0.717) is 29.7 Å². The van der Waals surface area contributed by atoms with Gasteiger partial charge in [0, 0.05) is 30.6 Å². The van der Waals surface area contributed by atoms with Crippen LogP contribution in [-0.2, 0) is 6.54 Å². The molecule has 26 heavy (non-hydrogen) atoms. The largest absolute Gasteiger partial charge is 0.449 e. The fraction of sp³-hybridized carbons (Fsp3) is 0.474.